The molecule has 0 bridgehead atoms. The van der Waals surface area contributed by atoms with E-state index in [-0.39, 0.29) is 5.82 Å². The Bertz CT molecular complexity index is 609. The van der Waals surface area contributed by atoms with Crippen LogP contribution in [0.25, 0.3) is 10.9 Å². The fourth-order valence-corrected chi connectivity index (χ4v) is 2.75. The lowest BCUT2D eigenvalue weighted by Crippen LogP contribution is -2.07. The van der Waals surface area contributed by atoms with Crippen LogP contribution < -0.4 is 5.32 Å². The average Bonchev–Trinajstić information content (AvgIpc) is 3.23. The number of aromatic nitrogens is 2. The Morgan fingerprint density at radius 3 is 2.94 bits per heavy atom. The standard InChI is InChI=1S/C14H14FN3/c15-9-3-4-12-11(5-9)14(17-7-16-12)18-13-6-10(13)8-1-2-8/h3-5,7-8,10,13H,1-2,6H2,(H,16,17,18)/t10-,13+/m0/s1. The third kappa shape index (κ3) is 1.72. The molecule has 2 aromatic rings. The van der Waals surface area contributed by atoms with Gasteiger partial charge in [-0.3, -0.25) is 0 Å². The Labute approximate surface area is 104 Å². The van der Waals surface area contributed by atoms with E-state index in [2.05, 4.69) is 15.3 Å². The number of nitrogens with one attached hydrogen (secondary N) is 1. The van der Waals surface area contributed by atoms with Crippen molar-refractivity contribution in [1.29, 1.82) is 0 Å². The molecule has 0 radical (unpaired) electrons. The molecule has 1 N–H and O–H groups in total. The van der Waals surface area contributed by atoms with E-state index in [1.165, 1.54) is 37.7 Å². The summed E-state index contributed by atoms with van der Waals surface area (Å²) in [6.07, 6.45) is 5.52. The zero-order chi connectivity index (χ0) is 12.1. The first kappa shape index (κ1) is 10.2. The van der Waals surface area contributed by atoms with E-state index in [4.69, 9.17) is 0 Å². The molecule has 0 unspecified atom stereocenters. The van der Waals surface area contributed by atoms with Crippen LogP contribution in [0.1, 0.15) is 19.3 Å². The van der Waals surface area contributed by atoms with E-state index >= 15 is 0 Å². The first-order valence-corrected chi connectivity index (χ1v) is 6.48. The van der Waals surface area contributed by atoms with Gasteiger partial charge in [-0.05, 0) is 49.3 Å². The molecule has 2 atom stereocenters. The molecule has 0 amide bonds. The van der Waals surface area contributed by atoms with E-state index in [0.717, 1.165) is 28.6 Å². The molecule has 1 aromatic heterocycles. The van der Waals surface area contributed by atoms with Crippen LogP contribution in [0.4, 0.5) is 10.2 Å². The first-order valence-electron chi connectivity index (χ1n) is 6.48. The van der Waals surface area contributed by atoms with Crippen molar-refractivity contribution in [1.82, 2.24) is 9.97 Å². The number of anilines is 1. The number of halogens is 1. The molecule has 0 saturated heterocycles. The molecule has 4 heteroatoms. The second kappa shape index (κ2) is 3.64. The number of rotatable bonds is 3. The van der Waals surface area contributed by atoms with Gasteiger partial charge in [0.2, 0.25) is 0 Å². The topological polar surface area (TPSA) is 37.8 Å². The normalized spacial score (nSPS) is 26.3. The second-order valence-electron chi connectivity index (χ2n) is 5.37. The van der Waals surface area contributed by atoms with Crippen LogP contribution >= 0.6 is 0 Å². The van der Waals surface area contributed by atoms with Crippen LogP contribution in [-0.2, 0) is 0 Å². The summed E-state index contributed by atoms with van der Waals surface area (Å²) in [5.41, 5.74) is 0.789. The zero-order valence-electron chi connectivity index (χ0n) is 9.94. The van der Waals surface area contributed by atoms with Crippen LogP contribution in [0.5, 0.6) is 0 Å². The molecule has 18 heavy (non-hydrogen) atoms. The van der Waals surface area contributed by atoms with Crippen LogP contribution in [-0.4, -0.2) is 16.0 Å². The Balaban J connectivity index is 1.65. The molecule has 2 aliphatic carbocycles. The van der Waals surface area contributed by atoms with Crippen molar-refractivity contribution in [2.75, 3.05) is 5.32 Å². The van der Waals surface area contributed by atoms with Gasteiger partial charge in [0, 0.05) is 11.4 Å². The van der Waals surface area contributed by atoms with Crippen LogP contribution in [0, 0.1) is 17.7 Å². The van der Waals surface area contributed by atoms with Gasteiger partial charge >= 0.3 is 0 Å². The maximum atomic E-state index is 13.3. The molecule has 1 heterocycles. The number of hydrogen-bond donors (Lipinski definition) is 1. The summed E-state index contributed by atoms with van der Waals surface area (Å²) < 4.78 is 13.3. The molecule has 2 saturated carbocycles. The van der Waals surface area contributed by atoms with Gasteiger partial charge in [0.1, 0.15) is 18.0 Å². The molecule has 3 nitrogen and oxygen atoms in total. The fraction of sp³-hybridized carbons (Fsp3) is 0.429. The van der Waals surface area contributed by atoms with Gasteiger partial charge in [-0.1, -0.05) is 0 Å². The number of nitrogens with zero attached hydrogens (tertiary/aromatic N) is 2. The van der Waals surface area contributed by atoms with Crippen molar-refractivity contribution in [3.63, 3.8) is 0 Å². The molecular formula is C14H14FN3. The van der Waals surface area contributed by atoms with Crippen molar-refractivity contribution < 1.29 is 4.39 Å². The number of benzene rings is 1. The summed E-state index contributed by atoms with van der Waals surface area (Å²) in [6.45, 7) is 0. The highest BCUT2D eigenvalue weighted by Gasteiger charge is 2.47. The highest BCUT2D eigenvalue weighted by atomic mass is 19.1. The molecular weight excluding hydrogens is 229 g/mol. The monoisotopic (exact) mass is 243 g/mol. The van der Waals surface area contributed by atoms with E-state index < -0.39 is 0 Å². The minimum atomic E-state index is -0.241. The fourth-order valence-electron chi connectivity index (χ4n) is 2.75. The zero-order valence-corrected chi connectivity index (χ0v) is 9.94. The minimum Gasteiger partial charge on any atom is -0.366 e. The van der Waals surface area contributed by atoms with Gasteiger partial charge in [0.05, 0.1) is 5.52 Å². The Morgan fingerprint density at radius 2 is 2.11 bits per heavy atom. The lowest BCUT2D eigenvalue weighted by Gasteiger charge is -2.07. The minimum absolute atomic E-state index is 0.241. The highest BCUT2D eigenvalue weighted by Crippen LogP contribution is 2.51. The predicted molar refractivity (Wildman–Crippen MR) is 67.7 cm³/mol. The van der Waals surface area contributed by atoms with E-state index in [1.54, 1.807) is 6.07 Å². The van der Waals surface area contributed by atoms with Gasteiger partial charge in [0.25, 0.3) is 0 Å². The van der Waals surface area contributed by atoms with E-state index in [9.17, 15) is 4.39 Å². The van der Waals surface area contributed by atoms with Crippen molar-refractivity contribution in [2.24, 2.45) is 11.8 Å². The Morgan fingerprint density at radius 1 is 1.22 bits per heavy atom. The predicted octanol–water partition coefficient (Wildman–Crippen LogP) is 2.98. The SMILES string of the molecule is Fc1ccc2ncnc(N[C@@H]3C[C@H]3C3CC3)c2c1. The van der Waals surface area contributed by atoms with E-state index in [1.807, 2.05) is 0 Å². The Hall–Kier alpha value is -1.71. The van der Waals surface area contributed by atoms with Crippen LogP contribution in [0.15, 0.2) is 24.5 Å². The van der Waals surface area contributed by atoms with Crippen LogP contribution in [0.3, 0.4) is 0 Å². The van der Waals surface area contributed by atoms with Gasteiger partial charge in [0.15, 0.2) is 0 Å². The highest BCUT2D eigenvalue weighted by molar-refractivity contribution is 5.88. The third-order valence-electron chi connectivity index (χ3n) is 3.99. The summed E-state index contributed by atoms with van der Waals surface area (Å²) in [5, 5.41) is 4.22. The molecule has 92 valence electrons. The first-order chi connectivity index (χ1) is 8.81. The summed E-state index contributed by atoms with van der Waals surface area (Å²) in [7, 11) is 0. The summed E-state index contributed by atoms with van der Waals surface area (Å²) in [5.74, 6) is 2.26. The lowest BCUT2D eigenvalue weighted by molar-refractivity contribution is 0.629. The number of fused-ring (bicyclic) bond motifs is 1. The van der Waals surface area contributed by atoms with Crippen LogP contribution in [0.2, 0.25) is 0 Å². The van der Waals surface area contributed by atoms with Crippen molar-refractivity contribution >= 4 is 16.7 Å². The van der Waals surface area contributed by atoms with Gasteiger partial charge < -0.3 is 5.32 Å². The molecule has 0 spiro atoms. The maximum Gasteiger partial charge on any atom is 0.137 e. The summed E-state index contributed by atoms with van der Waals surface area (Å²) >= 11 is 0. The molecule has 2 fully saturated rings. The molecule has 2 aliphatic rings. The van der Waals surface area contributed by atoms with Crippen molar-refractivity contribution in [3.8, 4) is 0 Å². The van der Waals surface area contributed by atoms with Gasteiger partial charge in [-0.15, -0.1) is 0 Å². The third-order valence-corrected chi connectivity index (χ3v) is 3.99. The Kier molecular flexibility index (Phi) is 2.07. The molecule has 4 rings (SSSR count). The molecule has 1 aromatic carbocycles. The smallest absolute Gasteiger partial charge is 0.137 e. The average molecular weight is 243 g/mol. The second-order valence-corrected chi connectivity index (χ2v) is 5.37. The summed E-state index contributed by atoms with van der Waals surface area (Å²) in [4.78, 5) is 8.41. The van der Waals surface area contributed by atoms with Gasteiger partial charge in [-0.2, -0.15) is 0 Å². The van der Waals surface area contributed by atoms with E-state index in [0.29, 0.717) is 6.04 Å². The molecule has 0 aliphatic heterocycles. The number of hydrogen-bond acceptors (Lipinski definition) is 3. The van der Waals surface area contributed by atoms with Crippen molar-refractivity contribution in [3.05, 3.63) is 30.3 Å². The lowest BCUT2D eigenvalue weighted by atomic mass is 10.2. The summed E-state index contributed by atoms with van der Waals surface area (Å²) in [6, 6.07) is 5.16. The van der Waals surface area contributed by atoms with Gasteiger partial charge in [-0.25, -0.2) is 14.4 Å². The largest absolute Gasteiger partial charge is 0.366 e. The quantitative estimate of drug-likeness (QED) is 0.900. The maximum absolute atomic E-state index is 13.3. The van der Waals surface area contributed by atoms with Crippen molar-refractivity contribution in [2.45, 2.75) is 25.3 Å².